The second-order valence-corrected chi connectivity index (χ2v) is 10.2. The van der Waals surface area contributed by atoms with E-state index in [-0.39, 0.29) is 30.0 Å². The number of nitrogens with two attached hydrogens (primary N) is 1. The molecule has 0 aliphatic heterocycles. The molecule has 3 fully saturated rings. The SMILES string of the molecule is NC(CC1C(/C=C/C2CCC(O)CC2)CC(O)CC1/C=C/C1CCC(O)CC1)C(=O)O. The zero-order valence-electron chi connectivity index (χ0n) is 18.6. The number of carboxylic acid groups (broad SMARTS) is 1. The Balaban J connectivity index is 1.71. The van der Waals surface area contributed by atoms with Gasteiger partial charge in [0.15, 0.2) is 0 Å². The number of carboxylic acids is 1. The molecule has 3 aliphatic carbocycles. The average Bonchev–Trinajstić information content (AvgIpc) is 2.74. The van der Waals surface area contributed by atoms with Gasteiger partial charge in [0.05, 0.1) is 18.3 Å². The highest BCUT2D eigenvalue weighted by Crippen LogP contribution is 2.41. The summed E-state index contributed by atoms with van der Waals surface area (Å²) in [4.78, 5) is 11.5. The average molecular weight is 436 g/mol. The van der Waals surface area contributed by atoms with Crippen LogP contribution < -0.4 is 5.73 Å². The summed E-state index contributed by atoms with van der Waals surface area (Å²) >= 11 is 0. The second-order valence-electron chi connectivity index (χ2n) is 10.2. The fourth-order valence-corrected chi connectivity index (χ4v) is 5.77. The number of allylic oxidation sites excluding steroid dienone is 4. The Kier molecular flexibility index (Phi) is 9.14. The van der Waals surface area contributed by atoms with E-state index in [0.717, 1.165) is 51.4 Å². The first kappa shape index (κ1) is 24.4. The number of rotatable bonds is 7. The lowest BCUT2D eigenvalue weighted by atomic mass is 9.67. The highest BCUT2D eigenvalue weighted by atomic mass is 16.4. The Morgan fingerprint density at radius 3 is 1.55 bits per heavy atom. The molecule has 0 heterocycles. The van der Waals surface area contributed by atoms with E-state index in [1.807, 2.05) is 0 Å². The van der Waals surface area contributed by atoms with Crippen LogP contribution in [0.5, 0.6) is 0 Å². The lowest BCUT2D eigenvalue weighted by Crippen LogP contribution is -2.40. The van der Waals surface area contributed by atoms with Gasteiger partial charge >= 0.3 is 5.97 Å². The maximum Gasteiger partial charge on any atom is 0.320 e. The van der Waals surface area contributed by atoms with Gasteiger partial charge in [-0.25, -0.2) is 0 Å². The molecule has 0 aromatic heterocycles. The van der Waals surface area contributed by atoms with E-state index in [4.69, 9.17) is 5.73 Å². The third kappa shape index (κ3) is 7.41. The van der Waals surface area contributed by atoms with E-state index in [1.54, 1.807) is 0 Å². The van der Waals surface area contributed by atoms with Crippen LogP contribution in [0, 0.1) is 29.6 Å². The van der Waals surface area contributed by atoms with Crippen molar-refractivity contribution in [2.75, 3.05) is 0 Å². The Morgan fingerprint density at radius 2 is 1.16 bits per heavy atom. The Morgan fingerprint density at radius 1 is 0.742 bits per heavy atom. The van der Waals surface area contributed by atoms with Crippen molar-refractivity contribution < 1.29 is 25.2 Å². The van der Waals surface area contributed by atoms with Crippen LogP contribution in [0.1, 0.15) is 70.6 Å². The molecule has 3 saturated carbocycles. The predicted octanol–water partition coefficient (Wildman–Crippen LogP) is 3.01. The van der Waals surface area contributed by atoms with Crippen LogP contribution in [0.4, 0.5) is 0 Å². The summed E-state index contributed by atoms with van der Waals surface area (Å²) in [5.74, 6) is 0.204. The molecule has 176 valence electrons. The number of carbonyl (C=O) groups is 1. The molecular formula is C25H41NO5. The minimum atomic E-state index is -0.973. The van der Waals surface area contributed by atoms with E-state index >= 15 is 0 Å². The standard InChI is InChI=1S/C25H41NO5/c26-24(25(30)31)15-23-18(7-1-16-3-9-20(27)10-4-16)13-22(29)14-19(23)8-2-17-5-11-21(28)12-6-17/h1-2,7-8,16-24,27-29H,3-6,9-15,26H2,(H,30,31)/b7-1+,8-2+. The summed E-state index contributed by atoms with van der Waals surface area (Å²) in [7, 11) is 0. The second kappa shape index (κ2) is 11.6. The molecule has 0 aromatic rings. The fraction of sp³-hybridized carbons (Fsp3) is 0.800. The summed E-state index contributed by atoms with van der Waals surface area (Å²) in [6.07, 6.45) is 17.0. The zero-order chi connectivity index (χ0) is 22.4. The van der Waals surface area contributed by atoms with E-state index in [9.17, 15) is 25.2 Å². The number of aliphatic hydroxyl groups is 3. The van der Waals surface area contributed by atoms with E-state index in [2.05, 4.69) is 24.3 Å². The normalized spacial score (nSPS) is 40.9. The molecule has 0 radical (unpaired) electrons. The van der Waals surface area contributed by atoms with E-state index < -0.39 is 18.1 Å². The van der Waals surface area contributed by atoms with E-state index in [0.29, 0.717) is 31.1 Å². The first-order valence-corrected chi connectivity index (χ1v) is 12.2. The number of hydrogen-bond donors (Lipinski definition) is 5. The number of aliphatic carboxylic acids is 1. The molecule has 6 nitrogen and oxygen atoms in total. The Labute approximate surface area is 186 Å². The van der Waals surface area contributed by atoms with Gasteiger partial charge in [0.25, 0.3) is 0 Å². The number of aliphatic hydroxyl groups excluding tert-OH is 3. The van der Waals surface area contributed by atoms with Gasteiger partial charge in [-0.1, -0.05) is 24.3 Å². The molecular weight excluding hydrogens is 394 g/mol. The summed E-state index contributed by atoms with van der Waals surface area (Å²) in [5.41, 5.74) is 5.95. The minimum Gasteiger partial charge on any atom is -0.480 e. The minimum absolute atomic E-state index is 0.0883. The molecule has 6 N–H and O–H groups in total. The quantitative estimate of drug-likeness (QED) is 0.392. The van der Waals surface area contributed by atoms with Gasteiger partial charge in [-0.3, -0.25) is 4.79 Å². The van der Waals surface area contributed by atoms with Gasteiger partial charge in [0.2, 0.25) is 0 Å². The molecule has 6 heteroatoms. The highest BCUT2D eigenvalue weighted by molar-refractivity contribution is 5.73. The molecule has 31 heavy (non-hydrogen) atoms. The molecule has 0 amide bonds. The van der Waals surface area contributed by atoms with Crippen molar-refractivity contribution in [1.82, 2.24) is 0 Å². The summed E-state index contributed by atoms with van der Waals surface area (Å²) in [6, 6.07) is -0.901. The van der Waals surface area contributed by atoms with Gasteiger partial charge < -0.3 is 26.2 Å². The first-order chi connectivity index (χ1) is 14.8. The molecule has 0 bridgehead atoms. The molecule has 3 unspecified atom stereocenters. The van der Waals surface area contributed by atoms with Crippen molar-refractivity contribution in [2.24, 2.45) is 35.3 Å². The van der Waals surface area contributed by atoms with Crippen LogP contribution in [0.25, 0.3) is 0 Å². The van der Waals surface area contributed by atoms with Gasteiger partial charge in [-0.15, -0.1) is 0 Å². The maximum atomic E-state index is 11.5. The van der Waals surface area contributed by atoms with Crippen LogP contribution in [0.2, 0.25) is 0 Å². The first-order valence-electron chi connectivity index (χ1n) is 12.2. The largest absolute Gasteiger partial charge is 0.480 e. The lowest BCUT2D eigenvalue weighted by molar-refractivity contribution is -0.139. The third-order valence-corrected chi connectivity index (χ3v) is 7.78. The van der Waals surface area contributed by atoms with Crippen LogP contribution in [0.15, 0.2) is 24.3 Å². The highest BCUT2D eigenvalue weighted by Gasteiger charge is 2.37. The van der Waals surface area contributed by atoms with Crippen LogP contribution >= 0.6 is 0 Å². The van der Waals surface area contributed by atoms with Gasteiger partial charge in [-0.05, 0) is 100 Å². The molecule has 0 aromatic carbocycles. The monoisotopic (exact) mass is 435 g/mol. The van der Waals surface area contributed by atoms with Crippen molar-refractivity contribution in [1.29, 1.82) is 0 Å². The van der Waals surface area contributed by atoms with Crippen molar-refractivity contribution in [2.45, 2.75) is 95.0 Å². The van der Waals surface area contributed by atoms with Crippen LogP contribution in [-0.4, -0.2) is 50.7 Å². The van der Waals surface area contributed by atoms with Crippen molar-refractivity contribution in [3.63, 3.8) is 0 Å². The fourth-order valence-electron chi connectivity index (χ4n) is 5.77. The lowest BCUT2D eigenvalue weighted by Gasteiger charge is -2.39. The summed E-state index contributed by atoms with van der Waals surface area (Å²) < 4.78 is 0. The van der Waals surface area contributed by atoms with Gasteiger partial charge in [-0.2, -0.15) is 0 Å². The predicted molar refractivity (Wildman–Crippen MR) is 120 cm³/mol. The van der Waals surface area contributed by atoms with Gasteiger partial charge in [0.1, 0.15) is 6.04 Å². The topological polar surface area (TPSA) is 124 Å². The molecule has 3 rings (SSSR count). The van der Waals surface area contributed by atoms with Crippen molar-refractivity contribution in [3.05, 3.63) is 24.3 Å². The molecule has 0 spiro atoms. The van der Waals surface area contributed by atoms with Crippen molar-refractivity contribution >= 4 is 5.97 Å². The molecule has 3 atom stereocenters. The Hall–Kier alpha value is -1.21. The third-order valence-electron chi connectivity index (χ3n) is 7.78. The summed E-state index contributed by atoms with van der Waals surface area (Å²) in [5, 5.41) is 39.4. The molecule has 0 saturated heterocycles. The number of hydrogen-bond acceptors (Lipinski definition) is 5. The van der Waals surface area contributed by atoms with Crippen LogP contribution in [0.3, 0.4) is 0 Å². The molecule has 3 aliphatic rings. The maximum absolute atomic E-state index is 11.5. The van der Waals surface area contributed by atoms with Crippen LogP contribution in [-0.2, 0) is 4.79 Å². The van der Waals surface area contributed by atoms with Crippen molar-refractivity contribution in [3.8, 4) is 0 Å². The Bertz CT molecular complexity index is 577. The van der Waals surface area contributed by atoms with Gasteiger partial charge in [0, 0.05) is 0 Å². The zero-order valence-corrected chi connectivity index (χ0v) is 18.6. The smallest absolute Gasteiger partial charge is 0.320 e. The van der Waals surface area contributed by atoms with E-state index in [1.165, 1.54) is 0 Å². The summed E-state index contributed by atoms with van der Waals surface area (Å²) in [6.45, 7) is 0.